The number of hydrogen-bond donors (Lipinski definition) is 2. The van der Waals surface area contributed by atoms with Crippen LogP contribution >= 0.6 is 35.3 Å². The average Bonchev–Trinajstić information content (AvgIpc) is 3.15. The molecule has 1 amide bonds. The van der Waals surface area contributed by atoms with Crippen molar-refractivity contribution in [2.75, 3.05) is 19.6 Å². The molecule has 2 heterocycles. The molecule has 1 aromatic heterocycles. The van der Waals surface area contributed by atoms with Gasteiger partial charge in [0.15, 0.2) is 5.96 Å². The number of fused-ring (bicyclic) bond motifs is 1. The summed E-state index contributed by atoms with van der Waals surface area (Å²) in [6.45, 7) is 5.22. The largest absolute Gasteiger partial charge is 0.357 e. The lowest BCUT2D eigenvalue weighted by Gasteiger charge is -2.27. The zero-order chi connectivity index (χ0) is 19.1. The van der Waals surface area contributed by atoms with Gasteiger partial charge in [0, 0.05) is 37.5 Å². The topological polar surface area (TPSA) is 56.7 Å². The first-order valence-corrected chi connectivity index (χ1v) is 10.1. The minimum atomic E-state index is -0.251. The maximum absolute atomic E-state index is 13.0. The third-order valence-electron chi connectivity index (χ3n) is 4.47. The summed E-state index contributed by atoms with van der Waals surface area (Å²) in [4.78, 5) is 20.3. The van der Waals surface area contributed by atoms with Gasteiger partial charge in [0.1, 0.15) is 5.82 Å². The van der Waals surface area contributed by atoms with Crippen molar-refractivity contribution in [2.45, 2.75) is 32.9 Å². The van der Waals surface area contributed by atoms with Crippen molar-refractivity contribution in [1.82, 2.24) is 15.5 Å². The van der Waals surface area contributed by atoms with E-state index in [1.54, 1.807) is 23.5 Å². The van der Waals surface area contributed by atoms with Gasteiger partial charge in [-0.25, -0.2) is 9.38 Å². The second kappa shape index (κ2) is 11.4. The number of nitrogens with one attached hydrogen (secondary N) is 2. The monoisotopic (exact) mass is 516 g/mol. The molecular weight excluding hydrogens is 490 g/mol. The van der Waals surface area contributed by atoms with Crippen LogP contribution in [0.5, 0.6) is 0 Å². The zero-order valence-corrected chi connectivity index (χ0v) is 19.1. The van der Waals surface area contributed by atoms with Gasteiger partial charge in [-0.2, -0.15) is 0 Å². The lowest BCUT2D eigenvalue weighted by Crippen LogP contribution is -2.41. The van der Waals surface area contributed by atoms with Crippen molar-refractivity contribution in [1.29, 1.82) is 0 Å². The van der Waals surface area contributed by atoms with Crippen LogP contribution in [0.25, 0.3) is 0 Å². The van der Waals surface area contributed by atoms with Crippen LogP contribution in [0.15, 0.2) is 40.7 Å². The Morgan fingerprint density at radius 3 is 2.79 bits per heavy atom. The minimum absolute atomic E-state index is 0. The molecule has 0 spiro atoms. The molecule has 1 aromatic carbocycles. The molecule has 1 aliphatic heterocycles. The number of carbonyl (C=O) groups is 1. The number of guanidine groups is 1. The van der Waals surface area contributed by atoms with Crippen molar-refractivity contribution in [3.05, 3.63) is 57.5 Å². The van der Waals surface area contributed by atoms with Crippen LogP contribution in [-0.2, 0) is 24.3 Å². The molecule has 2 aromatic rings. The van der Waals surface area contributed by atoms with Crippen LogP contribution in [-0.4, -0.2) is 36.4 Å². The number of rotatable bonds is 6. The molecule has 8 heteroatoms. The Kier molecular flexibility index (Phi) is 9.17. The standard InChI is InChI=1S/C20H25FN4OS.HI/c1-2-22-20(24-13-15-3-5-17(21)6-4-15)23-10-7-19(26)25-11-8-18-16(14-25)9-12-27-18;/h3-6,9,12H,2,7-8,10-11,13-14H2,1H3,(H2,22,23,24);1H. The Morgan fingerprint density at radius 2 is 2.04 bits per heavy atom. The van der Waals surface area contributed by atoms with Crippen LogP contribution in [0.4, 0.5) is 4.39 Å². The first-order valence-electron chi connectivity index (χ1n) is 9.25. The van der Waals surface area contributed by atoms with Crippen LogP contribution < -0.4 is 10.6 Å². The van der Waals surface area contributed by atoms with Gasteiger partial charge in [-0.1, -0.05) is 12.1 Å². The quantitative estimate of drug-likeness (QED) is 0.351. The van der Waals surface area contributed by atoms with E-state index in [4.69, 9.17) is 0 Å². The lowest BCUT2D eigenvalue weighted by atomic mass is 10.1. The van der Waals surface area contributed by atoms with Crippen LogP contribution in [0.3, 0.4) is 0 Å². The molecule has 1 aliphatic rings. The highest BCUT2D eigenvalue weighted by Gasteiger charge is 2.20. The van der Waals surface area contributed by atoms with E-state index in [9.17, 15) is 9.18 Å². The third kappa shape index (κ3) is 6.44. The molecule has 0 aliphatic carbocycles. The average molecular weight is 516 g/mol. The van der Waals surface area contributed by atoms with E-state index in [0.29, 0.717) is 25.5 Å². The molecule has 152 valence electrons. The molecule has 0 saturated heterocycles. The van der Waals surface area contributed by atoms with Crippen molar-refractivity contribution in [2.24, 2.45) is 4.99 Å². The van der Waals surface area contributed by atoms with E-state index in [1.165, 1.54) is 22.6 Å². The van der Waals surface area contributed by atoms with E-state index in [-0.39, 0.29) is 35.7 Å². The molecule has 5 nitrogen and oxygen atoms in total. The van der Waals surface area contributed by atoms with Gasteiger partial charge in [-0.3, -0.25) is 4.79 Å². The molecule has 0 unspecified atom stereocenters. The molecule has 0 radical (unpaired) electrons. The fourth-order valence-electron chi connectivity index (χ4n) is 3.01. The van der Waals surface area contributed by atoms with E-state index < -0.39 is 0 Å². The number of halogens is 2. The van der Waals surface area contributed by atoms with Gasteiger partial charge in [-0.05, 0) is 48.1 Å². The van der Waals surface area contributed by atoms with Gasteiger partial charge < -0.3 is 15.5 Å². The fraction of sp³-hybridized carbons (Fsp3) is 0.400. The minimum Gasteiger partial charge on any atom is -0.357 e. The van der Waals surface area contributed by atoms with Gasteiger partial charge in [0.2, 0.25) is 5.91 Å². The SMILES string of the molecule is CCNC(=NCc1ccc(F)cc1)NCCC(=O)N1CCc2sccc2C1.I. The molecule has 28 heavy (non-hydrogen) atoms. The van der Waals surface area contributed by atoms with Crippen LogP contribution in [0.1, 0.15) is 29.3 Å². The molecule has 0 bridgehead atoms. The number of benzene rings is 1. The molecular formula is C20H26FIN4OS. The predicted molar refractivity (Wildman–Crippen MR) is 123 cm³/mol. The fourth-order valence-corrected chi connectivity index (χ4v) is 3.90. The first kappa shape index (κ1) is 22.6. The molecule has 2 N–H and O–H groups in total. The predicted octanol–water partition coefficient (Wildman–Crippen LogP) is 3.54. The van der Waals surface area contributed by atoms with Crippen LogP contribution in [0, 0.1) is 5.82 Å². The van der Waals surface area contributed by atoms with Crippen molar-refractivity contribution >= 4 is 47.2 Å². The van der Waals surface area contributed by atoms with Crippen LogP contribution in [0.2, 0.25) is 0 Å². The molecule has 0 fully saturated rings. The van der Waals surface area contributed by atoms with E-state index >= 15 is 0 Å². The Labute approximate surface area is 186 Å². The first-order chi connectivity index (χ1) is 13.2. The Hall–Kier alpha value is -1.68. The summed E-state index contributed by atoms with van der Waals surface area (Å²) in [5, 5.41) is 8.47. The Balaban J connectivity index is 0.00000280. The maximum atomic E-state index is 13.0. The van der Waals surface area contributed by atoms with E-state index in [2.05, 4.69) is 27.1 Å². The highest BCUT2D eigenvalue weighted by molar-refractivity contribution is 14.0. The molecule has 0 saturated carbocycles. The number of amides is 1. The van der Waals surface area contributed by atoms with Gasteiger partial charge >= 0.3 is 0 Å². The van der Waals surface area contributed by atoms with Crippen molar-refractivity contribution in [3.63, 3.8) is 0 Å². The van der Waals surface area contributed by atoms with Crippen molar-refractivity contribution in [3.8, 4) is 0 Å². The molecule has 3 rings (SSSR count). The Morgan fingerprint density at radius 1 is 1.25 bits per heavy atom. The summed E-state index contributed by atoms with van der Waals surface area (Å²) in [7, 11) is 0. The van der Waals surface area contributed by atoms with E-state index in [0.717, 1.165) is 31.6 Å². The second-order valence-corrected chi connectivity index (χ2v) is 7.43. The van der Waals surface area contributed by atoms with Gasteiger partial charge in [-0.15, -0.1) is 35.3 Å². The summed E-state index contributed by atoms with van der Waals surface area (Å²) < 4.78 is 13.0. The number of nitrogens with zero attached hydrogens (tertiary/aromatic N) is 2. The summed E-state index contributed by atoms with van der Waals surface area (Å²) in [6, 6.07) is 8.42. The highest BCUT2D eigenvalue weighted by Crippen LogP contribution is 2.24. The van der Waals surface area contributed by atoms with Gasteiger partial charge in [0.25, 0.3) is 0 Å². The zero-order valence-electron chi connectivity index (χ0n) is 15.9. The lowest BCUT2D eigenvalue weighted by molar-refractivity contribution is -0.131. The van der Waals surface area contributed by atoms with Gasteiger partial charge in [0.05, 0.1) is 6.54 Å². The summed E-state index contributed by atoms with van der Waals surface area (Å²) in [5.74, 6) is 0.570. The molecule has 0 atom stereocenters. The van der Waals surface area contributed by atoms with Crippen molar-refractivity contribution < 1.29 is 9.18 Å². The normalized spacial score (nSPS) is 13.5. The number of hydrogen-bond acceptors (Lipinski definition) is 3. The third-order valence-corrected chi connectivity index (χ3v) is 5.49. The van der Waals surface area contributed by atoms with E-state index in [1.807, 2.05) is 11.8 Å². The summed E-state index contributed by atoms with van der Waals surface area (Å²) in [5.41, 5.74) is 2.21. The second-order valence-electron chi connectivity index (χ2n) is 6.43. The summed E-state index contributed by atoms with van der Waals surface area (Å²) in [6.07, 6.45) is 1.38. The smallest absolute Gasteiger partial charge is 0.224 e. The number of aliphatic imine (C=N–C) groups is 1. The Bertz CT molecular complexity index is 794. The number of thiophene rings is 1. The summed E-state index contributed by atoms with van der Waals surface area (Å²) >= 11 is 1.78. The highest BCUT2D eigenvalue weighted by atomic mass is 127. The number of carbonyl (C=O) groups excluding carboxylic acids is 1. The maximum Gasteiger partial charge on any atom is 0.224 e.